The predicted molar refractivity (Wildman–Crippen MR) is 94.6 cm³/mol. The molecule has 0 aliphatic carbocycles. The molecule has 0 spiro atoms. The minimum absolute atomic E-state index is 0.0538. The van der Waals surface area contributed by atoms with Crippen molar-refractivity contribution in [1.29, 1.82) is 0 Å². The summed E-state index contributed by atoms with van der Waals surface area (Å²) in [5.74, 6) is -0.645. The lowest BCUT2D eigenvalue weighted by Gasteiger charge is -2.31. The molecule has 0 fully saturated rings. The van der Waals surface area contributed by atoms with E-state index in [0.717, 1.165) is 0 Å². The standard InChI is InChI=1S/C19H23N3O2/c1-12(2)22(13(3)4)19(24)15-9-6-5-8-14(15)16-10-7-11-17(21-16)18(20)23/h5-13H,1-4H3,(H2,20,23). The van der Waals surface area contributed by atoms with E-state index in [1.807, 2.05) is 50.8 Å². The number of carbonyl (C=O) groups excluding carboxylic acids is 2. The van der Waals surface area contributed by atoms with E-state index >= 15 is 0 Å². The van der Waals surface area contributed by atoms with Gasteiger partial charge in [0.15, 0.2) is 0 Å². The molecule has 2 N–H and O–H groups in total. The molecule has 0 bridgehead atoms. The van der Waals surface area contributed by atoms with E-state index in [2.05, 4.69) is 4.98 Å². The number of amides is 2. The lowest BCUT2D eigenvalue weighted by Crippen LogP contribution is -2.42. The van der Waals surface area contributed by atoms with Crippen molar-refractivity contribution in [2.45, 2.75) is 39.8 Å². The molecule has 1 aromatic carbocycles. The van der Waals surface area contributed by atoms with Gasteiger partial charge in [0.25, 0.3) is 11.8 Å². The Morgan fingerprint density at radius 1 is 0.958 bits per heavy atom. The number of nitrogens with zero attached hydrogens (tertiary/aromatic N) is 2. The van der Waals surface area contributed by atoms with Crippen LogP contribution in [0.2, 0.25) is 0 Å². The zero-order valence-electron chi connectivity index (χ0n) is 14.5. The van der Waals surface area contributed by atoms with Crippen LogP contribution in [-0.4, -0.2) is 33.8 Å². The molecule has 1 aromatic heterocycles. The summed E-state index contributed by atoms with van der Waals surface area (Å²) in [6.45, 7) is 7.97. The Balaban J connectivity index is 2.53. The molecule has 5 heteroatoms. The Kier molecular flexibility index (Phi) is 5.34. The van der Waals surface area contributed by atoms with Crippen LogP contribution in [0.1, 0.15) is 48.5 Å². The van der Waals surface area contributed by atoms with E-state index in [0.29, 0.717) is 16.8 Å². The fraction of sp³-hybridized carbons (Fsp3) is 0.316. The number of hydrogen-bond acceptors (Lipinski definition) is 3. The van der Waals surface area contributed by atoms with Gasteiger partial charge < -0.3 is 10.6 Å². The minimum atomic E-state index is -0.591. The van der Waals surface area contributed by atoms with Crippen molar-refractivity contribution >= 4 is 11.8 Å². The molecule has 1 heterocycles. The first-order valence-corrected chi connectivity index (χ1v) is 8.01. The van der Waals surface area contributed by atoms with Gasteiger partial charge in [0, 0.05) is 23.2 Å². The van der Waals surface area contributed by atoms with Crippen LogP contribution in [0, 0.1) is 0 Å². The maximum absolute atomic E-state index is 13.0. The third-order valence-electron chi connectivity index (χ3n) is 3.78. The van der Waals surface area contributed by atoms with Gasteiger partial charge in [-0.05, 0) is 45.9 Å². The van der Waals surface area contributed by atoms with E-state index in [1.165, 1.54) is 0 Å². The Bertz CT molecular complexity index is 746. The second-order valence-corrected chi connectivity index (χ2v) is 6.22. The monoisotopic (exact) mass is 325 g/mol. The number of aromatic nitrogens is 1. The van der Waals surface area contributed by atoms with Gasteiger partial charge in [-0.15, -0.1) is 0 Å². The van der Waals surface area contributed by atoms with Gasteiger partial charge in [-0.2, -0.15) is 0 Å². The molecule has 0 aliphatic rings. The second kappa shape index (κ2) is 7.25. The number of carbonyl (C=O) groups is 2. The van der Waals surface area contributed by atoms with Crippen LogP contribution in [0.4, 0.5) is 0 Å². The van der Waals surface area contributed by atoms with Crippen LogP contribution >= 0.6 is 0 Å². The van der Waals surface area contributed by atoms with Crippen LogP contribution in [-0.2, 0) is 0 Å². The van der Waals surface area contributed by atoms with Crippen LogP contribution in [0.25, 0.3) is 11.3 Å². The molecule has 0 saturated heterocycles. The molecule has 0 saturated carbocycles. The Labute approximate surface area is 142 Å². The summed E-state index contributed by atoms with van der Waals surface area (Å²) in [5.41, 5.74) is 7.30. The lowest BCUT2D eigenvalue weighted by atomic mass is 10.0. The molecule has 24 heavy (non-hydrogen) atoms. The first kappa shape index (κ1) is 17.7. The fourth-order valence-corrected chi connectivity index (χ4v) is 2.82. The Morgan fingerprint density at radius 3 is 2.17 bits per heavy atom. The molecular formula is C19H23N3O2. The van der Waals surface area contributed by atoms with Crippen molar-refractivity contribution in [2.75, 3.05) is 0 Å². The molecule has 2 aromatic rings. The van der Waals surface area contributed by atoms with E-state index in [-0.39, 0.29) is 23.7 Å². The van der Waals surface area contributed by atoms with Gasteiger partial charge >= 0.3 is 0 Å². The zero-order valence-corrected chi connectivity index (χ0v) is 14.5. The average Bonchev–Trinajstić information content (AvgIpc) is 2.54. The summed E-state index contributed by atoms with van der Waals surface area (Å²) in [6, 6.07) is 12.5. The third-order valence-corrected chi connectivity index (χ3v) is 3.78. The van der Waals surface area contributed by atoms with Gasteiger partial charge in [0.2, 0.25) is 0 Å². The topological polar surface area (TPSA) is 76.3 Å². The summed E-state index contributed by atoms with van der Waals surface area (Å²) in [7, 11) is 0. The fourth-order valence-electron chi connectivity index (χ4n) is 2.82. The Morgan fingerprint density at radius 2 is 1.58 bits per heavy atom. The van der Waals surface area contributed by atoms with Crippen molar-refractivity contribution in [3.05, 3.63) is 53.7 Å². The normalized spacial score (nSPS) is 10.9. The number of rotatable bonds is 5. The van der Waals surface area contributed by atoms with E-state index in [1.54, 1.807) is 24.3 Å². The molecule has 5 nitrogen and oxygen atoms in total. The molecule has 2 rings (SSSR count). The van der Waals surface area contributed by atoms with Gasteiger partial charge in [-0.3, -0.25) is 9.59 Å². The number of pyridine rings is 1. The van der Waals surface area contributed by atoms with Crippen molar-refractivity contribution in [3.8, 4) is 11.3 Å². The smallest absolute Gasteiger partial charge is 0.267 e. The number of hydrogen-bond donors (Lipinski definition) is 1. The number of nitrogens with two attached hydrogens (primary N) is 1. The zero-order chi connectivity index (χ0) is 17.9. The third kappa shape index (κ3) is 3.62. The first-order valence-electron chi connectivity index (χ1n) is 8.01. The minimum Gasteiger partial charge on any atom is -0.364 e. The average molecular weight is 325 g/mol. The molecule has 0 atom stereocenters. The van der Waals surface area contributed by atoms with E-state index in [9.17, 15) is 9.59 Å². The highest BCUT2D eigenvalue weighted by Crippen LogP contribution is 2.25. The highest BCUT2D eigenvalue weighted by atomic mass is 16.2. The highest BCUT2D eigenvalue weighted by molar-refractivity contribution is 6.01. The molecule has 126 valence electrons. The van der Waals surface area contributed by atoms with Crippen LogP contribution in [0.5, 0.6) is 0 Å². The largest absolute Gasteiger partial charge is 0.364 e. The van der Waals surface area contributed by atoms with Gasteiger partial charge in [0.1, 0.15) is 5.69 Å². The SMILES string of the molecule is CC(C)N(C(=O)c1ccccc1-c1cccc(C(N)=O)n1)C(C)C. The van der Waals surface area contributed by atoms with Gasteiger partial charge in [0.05, 0.1) is 5.69 Å². The van der Waals surface area contributed by atoms with Gasteiger partial charge in [-0.25, -0.2) is 4.98 Å². The predicted octanol–water partition coefficient (Wildman–Crippen LogP) is 3.11. The Hall–Kier alpha value is -2.69. The van der Waals surface area contributed by atoms with Crippen molar-refractivity contribution in [3.63, 3.8) is 0 Å². The quantitative estimate of drug-likeness (QED) is 0.917. The van der Waals surface area contributed by atoms with Crippen molar-refractivity contribution in [1.82, 2.24) is 9.88 Å². The maximum Gasteiger partial charge on any atom is 0.267 e. The van der Waals surface area contributed by atoms with Crippen LogP contribution < -0.4 is 5.73 Å². The molecule has 2 amide bonds. The highest BCUT2D eigenvalue weighted by Gasteiger charge is 2.24. The summed E-state index contributed by atoms with van der Waals surface area (Å²) in [5, 5.41) is 0. The first-order chi connectivity index (χ1) is 11.3. The molecule has 0 aliphatic heterocycles. The molecular weight excluding hydrogens is 302 g/mol. The molecule has 0 radical (unpaired) electrons. The van der Waals surface area contributed by atoms with Crippen LogP contribution in [0.15, 0.2) is 42.5 Å². The van der Waals surface area contributed by atoms with Crippen LogP contribution in [0.3, 0.4) is 0 Å². The van der Waals surface area contributed by atoms with Crippen molar-refractivity contribution < 1.29 is 9.59 Å². The number of benzene rings is 1. The van der Waals surface area contributed by atoms with E-state index in [4.69, 9.17) is 5.73 Å². The summed E-state index contributed by atoms with van der Waals surface area (Å²) < 4.78 is 0. The van der Waals surface area contributed by atoms with E-state index < -0.39 is 5.91 Å². The summed E-state index contributed by atoms with van der Waals surface area (Å²) in [6.07, 6.45) is 0. The maximum atomic E-state index is 13.0. The van der Waals surface area contributed by atoms with Gasteiger partial charge in [-0.1, -0.05) is 24.3 Å². The second-order valence-electron chi connectivity index (χ2n) is 6.22. The summed E-state index contributed by atoms with van der Waals surface area (Å²) >= 11 is 0. The lowest BCUT2D eigenvalue weighted by molar-refractivity contribution is 0.0644. The number of primary amides is 1. The summed E-state index contributed by atoms with van der Waals surface area (Å²) in [4.78, 5) is 30.5. The van der Waals surface area contributed by atoms with Crippen molar-refractivity contribution in [2.24, 2.45) is 5.73 Å². The molecule has 0 unspecified atom stereocenters.